The van der Waals surface area contributed by atoms with Crippen LogP contribution in [0, 0.1) is 0 Å². The molecule has 1 aliphatic rings. The van der Waals surface area contributed by atoms with E-state index in [2.05, 4.69) is 27.4 Å². The van der Waals surface area contributed by atoms with Gasteiger partial charge in [0, 0.05) is 24.9 Å². The van der Waals surface area contributed by atoms with E-state index in [9.17, 15) is 4.79 Å². The van der Waals surface area contributed by atoms with Crippen LogP contribution in [-0.4, -0.2) is 28.5 Å². The molecule has 24 heavy (non-hydrogen) atoms. The standard InChI is InChI=1S/C19H25N3O2/c1-2-18(19(23)21-10-9-16-12-20-13-22-16)24-17-8-7-14-5-3-4-6-15(14)11-17/h7-8,11-13,18H,2-6,9-10H2,1H3,(H,20,22)(H,21,23). The molecule has 0 saturated heterocycles. The first kappa shape index (κ1) is 16.6. The molecule has 0 saturated carbocycles. The highest BCUT2D eigenvalue weighted by atomic mass is 16.5. The third kappa shape index (κ3) is 4.16. The fraction of sp³-hybridized carbons (Fsp3) is 0.474. The van der Waals surface area contributed by atoms with Crippen molar-refractivity contribution in [3.05, 3.63) is 47.5 Å². The molecular formula is C19H25N3O2. The number of aromatic amines is 1. The van der Waals surface area contributed by atoms with Crippen molar-refractivity contribution in [1.82, 2.24) is 15.3 Å². The molecule has 0 aliphatic heterocycles. The summed E-state index contributed by atoms with van der Waals surface area (Å²) in [4.78, 5) is 19.3. The van der Waals surface area contributed by atoms with E-state index in [1.165, 1.54) is 24.0 Å². The lowest BCUT2D eigenvalue weighted by molar-refractivity contribution is -0.128. The van der Waals surface area contributed by atoms with Crippen LogP contribution in [0.4, 0.5) is 0 Å². The van der Waals surface area contributed by atoms with E-state index in [1.54, 1.807) is 12.5 Å². The van der Waals surface area contributed by atoms with E-state index in [0.29, 0.717) is 13.0 Å². The molecule has 1 aromatic heterocycles. The Bertz CT molecular complexity index is 667. The first-order valence-electron chi connectivity index (χ1n) is 8.79. The summed E-state index contributed by atoms with van der Waals surface area (Å²) in [6.07, 6.45) is 9.12. The molecule has 0 radical (unpaired) electrons. The van der Waals surface area contributed by atoms with Crippen LogP contribution in [-0.2, 0) is 24.1 Å². The molecule has 1 amide bonds. The molecule has 0 bridgehead atoms. The molecule has 2 N–H and O–H groups in total. The molecule has 5 nitrogen and oxygen atoms in total. The van der Waals surface area contributed by atoms with Gasteiger partial charge in [-0.15, -0.1) is 0 Å². The second kappa shape index (κ2) is 7.99. The van der Waals surface area contributed by atoms with E-state index in [4.69, 9.17) is 4.74 Å². The molecule has 1 aliphatic carbocycles. The molecule has 1 unspecified atom stereocenters. The van der Waals surface area contributed by atoms with Crippen LogP contribution in [0.2, 0.25) is 0 Å². The number of H-pyrrole nitrogens is 1. The Morgan fingerprint density at radius 1 is 1.33 bits per heavy atom. The van der Waals surface area contributed by atoms with E-state index in [0.717, 1.165) is 30.7 Å². The minimum Gasteiger partial charge on any atom is -0.481 e. The number of fused-ring (bicyclic) bond motifs is 1. The van der Waals surface area contributed by atoms with Gasteiger partial charge in [0.15, 0.2) is 6.10 Å². The number of amides is 1. The maximum absolute atomic E-state index is 12.3. The Kier molecular flexibility index (Phi) is 5.51. The van der Waals surface area contributed by atoms with E-state index in [-0.39, 0.29) is 5.91 Å². The van der Waals surface area contributed by atoms with Gasteiger partial charge in [-0.1, -0.05) is 13.0 Å². The van der Waals surface area contributed by atoms with Crippen LogP contribution >= 0.6 is 0 Å². The van der Waals surface area contributed by atoms with Gasteiger partial charge in [0.1, 0.15) is 5.75 Å². The van der Waals surface area contributed by atoms with Gasteiger partial charge in [0.05, 0.1) is 6.33 Å². The number of benzene rings is 1. The van der Waals surface area contributed by atoms with E-state index in [1.807, 2.05) is 13.0 Å². The number of rotatable bonds is 7. The van der Waals surface area contributed by atoms with Crippen molar-refractivity contribution in [2.45, 2.75) is 51.6 Å². The lowest BCUT2D eigenvalue weighted by Gasteiger charge is -2.20. The van der Waals surface area contributed by atoms with Crippen molar-refractivity contribution in [1.29, 1.82) is 0 Å². The van der Waals surface area contributed by atoms with E-state index >= 15 is 0 Å². The van der Waals surface area contributed by atoms with Crippen LogP contribution in [0.5, 0.6) is 5.75 Å². The number of ether oxygens (including phenoxy) is 1. The van der Waals surface area contributed by atoms with Gasteiger partial charge in [0.2, 0.25) is 0 Å². The minimum absolute atomic E-state index is 0.0604. The van der Waals surface area contributed by atoms with Crippen LogP contribution in [0.3, 0.4) is 0 Å². The Hall–Kier alpha value is -2.30. The lowest BCUT2D eigenvalue weighted by atomic mass is 9.92. The maximum Gasteiger partial charge on any atom is 0.261 e. The average molecular weight is 327 g/mol. The van der Waals surface area contributed by atoms with Gasteiger partial charge in [0.25, 0.3) is 5.91 Å². The third-order valence-corrected chi connectivity index (χ3v) is 4.51. The zero-order chi connectivity index (χ0) is 16.8. The summed E-state index contributed by atoms with van der Waals surface area (Å²) in [5.41, 5.74) is 3.80. The number of aryl methyl sites for hydroxylation is 2. The molecule has 128 valence electrons. The number of nitrogens with zero attached hydrogens (tertiary/aromatic N) is 1. The van der Waals surface area contributed by atoms with Crippen molar-refractivity contribution in [3.8, 4) is 5.75 Å². The number of nitrogens with one attached hydrogen (secondary N) is 2. The van der Waals surface area contributed by atoms with Gasteiger partial charge in [-0.2, -0.15) is 0 Å². The number of imidazole rings is 1. The van der Waals surface area contributed by atoms with Crippen molar-refractivity contribution in [2.75, 3.05) is 6.54 Å². The highest BCUT2D eigenvalue weighted by molar-refractivity contribution is 5.81. The van der Waals surface area contributed by atoms with Gasteiger partial charge in [-0.3, -0.25) is 4.79 Å². The van der Waals surface area contributed by atoms with Crippen LogP contribution in [0.25, 0.3) is 0 Å². The molecular weight excluding hydrogens is 302 g/mol. The largest absolute Gasteiger partial charge is 0.481 e. The summed E-state index contributed by atoms with van der Waals surface area (Å²) in [6, 6.07) is 6.24. The molecule has 1 atom stereocenters. The Morgan fingerprint density at radius 3 is 2.92 bits per heavy atom. The third-order valence-electron chi connectivity index (χ3n) is 4.51. The summed E-state index contributed by atoms with van der Waals surface area (Å²) in [5.74, 6) is 0.737. The zero-order valence-corrected chi connectivity index (χ0v) is 14.2. The fourth-order valence-corrected chi connectivity index (χ4v) is 3.13. The van der Waals surface area contributed by atoms with Gasteiger partial charge < -0.3 is 15.0 Å². The predicted octanol–water partition coefficient (Wildman–Crippen LogP) is 2.80. The normalized spacial score (nSPS) is 14.7. The SMILES string of the molecule is CCC(Oc1ccc2c(c1)CCCC2)C(=O)NCCc1cnc[nH]1. The topological polar surface area (TPSA) is 67.0 Å². The monoisotopic (exact) mass is 327 g/mol. The Morgan fingerprint density at radius 2 is 2.17 bits per heavy atom. The summed E-state index contributed by atoms with van der Waals surface area (Å²) < 4.78 is 5.95. The summed E-state index contributed by atoms with van der Waals surface area (Å²) in [7, 11) is 0. The lowest BCUT2D eigenvalue weighted by Crippen LogP contribution is -2.39. The number of hydrogen-bond donors (Lipinski definition) is 2. The van der Waals surface area contributed by atoms with Crippen molar-refractivity contribution in [2.24, 2.45) is 0 Å². The summed E-state index contributed by atoms with van der Waals surface area (Å²) in [5, 5.41) is 2.94. The highest BCUT2D eigenvalue weighted by Gasteiger charge is 2.19. The molecule has 2 aromatic rings. The smallest absolute Gasteiger partial charge is 0.261 e. The second-order valence-electron chi connectivity index (χ2n) is 6.27. The molecule has 0 spiro atoms. The molecule has 0 fully saturated rings. The number of aromatic nitrogens is 2. The second-order valence-corrected chi connectivity index (χ2v) is 6.27. The predicted molar refractivity (Wildman–Crippen MR) is 93.1 cm³/mol. The maximum atomic E-state index is 12.3. The first-order chi connectivity index (χ1) is 11.8. The van der Waals surface area contributed by atoms with Crippen molar-refractivity contribution < 1.29 is 9.53 Å². The van der Waals surface area contributed by atoms with E-state index < -0.39 is 6.10 Å². The quantitative estimate of drug-likeness (QED) is 0.822. The number of carbonyl (C=O) groups is 1. The van der Waals surface area contributed by atoms with Crippen LogP contribution in [0.1, 0.15) is 43.0 Å². The summed E-state index contributed by atoms with van der Waals surface area (Å²) in [6.45, 7) is 2.54. The van der Waals surface area contributed by atoms with Crippen LogP contribution < -0.4 is 10.1 Å². The first-order valence-corrected chi connectivity index (χ1v) is 8.79. The zero-order valence-electron chi connectivity index (χ0n) is 14.2. The molecule has 5 heteroatoms. The fourth-order valence-electron chi connectivity index (χ4n) is 3.13. The molecule has 1 aromatic carbocycles. The molecule has 3 rings (SSSR count). The van der Waals surface area contributed by atoms with Gasteiger partial charge >= 0.3 is 0 Å². The Balaban J connectivity index is 1.54. The van der Waals surface area contributed by atoms with Crippen molar-refractivity contribution >= 4 is 5.91 Å². The highest BCUT2D eigenvalue weighted by Crippen LogP contribution is 2.26. The number of hydrogen-bond acceptors (Lipinski definition) is 3. The Labute approximate surface area is 142 Å². The molecule has 1 heterocycles. The van der Waals surface area contributed by atoms with Crippen LogP contribution in [0.15, 0.2) is 30.7 Å². The van der Waals surface area contributed by atoms with Crippen molar-refractivity contribution in [3.63, 3.8) is 0 Å². The summed E-state index contributed by atoms with van der Waals surface area (Å²) >= 11 is 0. The van der Waals surface area contributed by atoms with Gasteiger partial charge in [-0.05, 0) is 55.4 Å². The average Bonchev–Trinajstić information content (AvgIpc) is 3.13. The number of carbonyl (C=O) groups excluding carboxylic acids is 1. The van der Waals surface area contributed by atoms with Gasteiger partial charge in [-0.25, -0.2) is 4.98 Å². The minimum atomic E-state index is -0.451.